The van der Waals surface area contributed by atoms with Crippen LogP contribution in [0.4, 0.5) is 0 Å². The predicted octanol–water partition coefficient (Wildman–Crippen LogP) is 1.37. The average Bonchev–Trinajstić information content (AvgIpc) is 1.81. The fraction of sp³-hybridized carbons (Fsp3) is 0.333. The maximum absolute atomic E-state index is 7.98. The van der Waals surface area contributed by atoms with E-state index in [1.54, 1.807) is 12.2 Å². The van der Waals surface area contributed by atoms with Gasteiger partial charge >= 0.3 is 0 Å². The zero-order valence-electron chi connectivity index (χ0n) is 4.46. The van der Waals surface area contributed by atoms with Gasteiger partial charge in [0.2, 0.25) is 0 Å². The third-order valence-corrected chi connectivity index (χ3v) is 0.585. The van der Waals surface area contributed by atoms with E-state index in [4.69, 9.17) is 10.5 Å². The summed E-state index contributed by atoms with van der Waals surface area (Å²) in [6.07, 6.45) is 4.18. The summed E-state index contributed by atoms with van der Waals surface area (Å²) in [5.41, 5.74) is 0. The summed E-state index contributed by atoms with van der Waals surface area (Å²) in [4.78, 5) is 0. The summed E-state index contributed by atoms with van der Waals surface area (Å²) < 4.78 is 0. The summed E-state index contributed by atoms with van der Waals surface area (Å²) in [6.45, 7) is 0. The van der Waals surface area contributed by atoms with Gasteiger partial charge in [0.25, 0.3) is 0 Å². The summed E-state index contributed by atoms with van der Waals surface area (Å²) in [5.74, 6) is 0. The van der Waals surface area contributed by atoms with Crippen molar-refractivity contribution in [2.75, 3.05) is 0 Å². The molecule has 8 heavy (non-hydrogen) atoms. The van der Waals surface area contributed by atoms with Crippen LogP contribution in [0.15, 0.2) is 12.2 Å². The summed E-state index contributed by atoms with van der Waals surface area (Å²) >= 11 is 0. The summed E-state index contributed by atoms with van der Waals surface area (Å²) in [5, 5.41) is 16.0. The van der Waals surface area contributed by atoms with Gasteiger partial charge in [0.1, 0.15) is 0 Å². The molecule has 0 saturated heterocycles. The first-order valence-corrected chi connectivity index (χ1v) is 2.30. The molecule has 0 aliphatic carbocycles. The molecular weight excluding hydrogens is 100 g/mol. The minimum absolute atomic E-state index is 0.404. The number of allylic oxidation sites excluding steroid dienone is 2. The molecule has 0 heterocycles. The second-order valence-corrected chi connectivity index (χ2v) is 1.20. The van der Waals surface area contributed by atoms with E-state index >= 15 is 0 Å². The monoisotopic (exact) mass is 106 g/mol. The van der Waals surface area contributed by atoms with Crippen molar-refractivity contribution in [1.29, 1.82) is 10.5 Å². The van der Waals surface area contributed by atoms with Crippen LogP contribution in [0, 0.1) is 22.7 Å². The first-order valence-electron chi connectivity index (χ1n) is 2.30. The molecule has 0 aromatic rings. The summed E-state index contributed by atoms with van der Waals surface area (Å²) in [6, 6.07) is 3.86. The maximum atomic E-state index is 7.98. The van der Waals surface area contributed by atoms with Crippen LogP contribution in [0.25, 0.3) is 0 Å². The zero-order valence-corrected chi connectivity index (χ0v) is 4.46. The van der Waals surface area contributed by atoms with Crippen LogP contribution in [0.3, 0.4) is 0 Å². The molecule has 0 aliphatic rings. The van der Waals surface area contributed by atoms with Gasteiger partial charge < -0.3 is 0 Å². The van der Waals surface area contributed by atoms with E-state index < -0.39 is 0 Å². The molecule has 0 atom stereocenters. The highest BCUT2D eigenvalue weighted by Gasteiger charge is 1.69. The van der Waals surface area contributed by atoms with Crippen molar-refractivity contribution >= 4 is 0 Å². The van der Waals surface area contributed by atoms with E-state index in [1.165, 1.54) is 0 Å². The second kappa shape index (κ2) is 5.72. The largest absolute Gasteiger partial charge is 0.198 e. The summed E-state index contributed by atoms with van der Waals surface area (Å²) in [7, 11) is 0. The van der Waals surface area contributed by atoms with E-state index in [0.29, 0.717) is 12.8 Å². The van der Waals surface area contributed by atoms with Crippen LogP contribution >= 0.6 is 0 Å². The first-order chi connectivity index (χ1) is 3.91. The third kappa shape index (κ3) is 4.72. The molecule has 0 rings (SSSR count). The molecule has 0 amide bonds. The lowest BCUT2D eigenvalue weighted by Gasteiger charge is -1.69. The van der Waals surface area contributed by atoms with Crippen molar-refractivity contribution in [3.05, 3.63) is 12.2 Å². The van der Waals surface area contributed by atoms with Gasteiger partial charge in [-0.15, -0.1) is 0 Å². The molecule has 0 N–H and O–H groups in total. The fourth-order valence-corrected chi connectivity index (χ4v) is 0.272. The highest BCUT2D eigenvalue weighted by Crippen LogP contribution is 1.82. The van der Waals surface area contributed by atoms with Crippen molar-refractivity contribution in [2.45, 2.75) is 12.8 Å². The standard InChI is InChI=1S/C6H6N2/c7-5-3-1-2-4-6-8/h1-2H,3-4H2/b2-1+. The first kappa shape index (κ1) is 6.72. The molecule has 0 unspecified atom stereocenters. The van der Waals surface area contributed by atoms with Crippen molar-refractivity contribution < 1.29 is 0 Å². The lowest BCUT2D eigenvalue weighted by atomic mass is 10.3. The Bertz CT molecular complexity index is 127. The van der Waals surface area contributed by atoms with Gasteiger partial charge in [-0.1, -0.05) is 12.2 Å². The van der Waals surface area contributed by atoms with Gasteiger partial charge in [0.05, 0.1) is 25.0 Å². The molecule has 2 heteroatoms. The zero-order chi connectivity index (χ0) is 6.24. The normalized spacial score (nSPS) is 8.25. The van der Waals surface area contributed by atoms with Crippen LogP contribution in [0.5, 0.6) is 0 Å². The number of rotatable bonds is 2. The number of hydrogen-bond acceptors (Lipinski definition) is 2. The van der Waals surface area contributed by atoms with Crippen molar-refractivity contribution in [1.82, 2.24) is 0 Å². The van der Waals surface area contributed by atoms with Crippen LogP contribution in [-0.4, -0.2) is 0 Å². The Hall–Kier alpha value is -1.28. The van der Waals surface area contributed by atoms with Gasteiger partial charge in [0, 0.05) is 0 Å². The number of nitrogens with zero attached hydrogens (tertiary/aromatic N) is 2. The van der Waals surface area contributed by atoms with E-state index in [0.717, 1.165) is 0 Å². The minimum Gasteiger partial charge on any atom is -0.198 e. The Morgan fingerprint density at radius 1 is 1.00 bits per heavy atom. The van der Waals surface area contributed by atoms with Crippen LogP contribution in [-0.2, 0) is 0 Å². The van der Waals surface area contributed by atoms with Gasteiger partial charge in [-0.25, -0.2) is 0 Å². The van der Waals surface area contributed by atoms with E-state index in [9.17, 15) is 0 Å². The topological polar surface area (TPSA) is 47.6 Å². The molecule has 0 bridgehead atoms. The van der Waals surface area contributed by atoms with Gasteiger partial charge in [-0.3, -0.25) is 0 Å². The second-order valence-electron chi connectivity index (χ2n) is 1.20. The number of hydrogen-bond donors (Lipinski definition) is 0. The van der Waals surface area contributed by atoms with Crippen LogP contribution in [0.1, 0.15) is 12.8 Å². The van der Waals surface area contributed by atoms with E-state index in [1.807, 2.05) is 12.1 Å². The SMILES string of the molecule is N#CC/C=C/CC#N. The Labute approximate surface area is 48.7 Å². The maximum Gasteiger partial charge on any atom is 0.0663 e. The van der Waals surface area contributed by atoms with Gasteiger partial charge in [0.15, 0.2) is 0 Å². The highest BCUT2D eigenvalue weighted by atomic mass is 14.2. The number of nitriles is 2. The Morgan fingerprint density at radius 2 is 1.38 bits per heavy atom. The van der Waals surface area contributed by atoms with Crippen molar-refractivity contribution in [2.24, 2.45) is 0 Å². The Balaban J connectivity index is 3.14. The molecule has 0 aliphatic heterocycles. The minimum atomic E-state index is 0.404. The van der Waals surface area contributed by atoms with Crippen molar-refractivity contribution in [3.63, 3.8) is 0 Å². The molecule has 0 spiro atoms. The molecule has 0 fully saturated rings. The molecule has 0 aromatic heterocycles. The molecule has 0 radical (unpaired) electrons. The highest BCUT2D eigenvalue weighted by molar-refractivity contribution is 4.95. The lowest BCUT2D eigenvalue weighted by Crippen LogP contribution is -1.57. The molecule has 40 valence electrons. The lowest BCUT2D eigenvalue weighted by molar-refractivity contribution is 1.29. The molecule has 0 saturated carbocycles. The van der Waals surface area contributed by atoms with Crippen LogP contribution in [0.2, 0.25) is 0 Å². The van der Waals surface area contributed by atoms with E-state index in [2.05, 4.69) is 0 Å². The van der Waals surface area contributed by atoms with Gasteiger partial charge in [-0.05, 0) is 0 Å². The molecular formula is C6H6N2. The average molecular weight is 106 g/mol. The Morgan fingerprint density at radius 3 is 1.62 bits per heavy atom. The third-order valence-electron chi connectivity index (χ3n) is 0.585. The van der Waals surface area contributed by atoms with E-state index in [-0.39, 0.29) is 0 Å². The molecule has 0 aromatic carbocycles. The quantitative estimate of drug-likeness (QED) is 0.499. The predicted molar refractivity (Wildman–Crippen MR) is 29.6 cm³/mol. The van der Waals surface area contributed by atoms with Crippen LogP contribution < -0.4 is 0 Å². The smallest absolute Gasteiger partial charge is 0.0663 e. The Kier molecular flexibility index (Phi) is 4.80. The van der Waals surface area contributed by atoms with Crippen molar-refractivity contribution in [3.8, 4) is 12.1 Å². The fourth-order valence-electron chi connectivity index (χ4n) is 0.272. The van der Waals surface area contributed by atoms with Gasteiger partial charge in [-0.2, -0.15) is 10.5 Å². The molecule has 2 nitrogen and oxygen atoms in total.